The minimum Gasteiger partial charge on any atom is -0.481 e. The van der Waals surface area contributed by atoms with E-state index >= 15 is 0 Å². The van der Waals surface area contributed by atoms with Crippen molar-refractivity contribution >= 4 is 5.82 Å². The van der Waals surface area contributed by atoms with E-state index in [1.807, 2.05) is 12.1 Å². The zero-order valence-corrected chi connectivity index (χ0v) is 12.9. The van der Waals surface area contributed by atoms with Gasteiger partial charge in [0.1, 0.15) is 5.82 Å². The van der Waals surface area contributed by atoms with Gasteiger partial charge in [-0.15, -0.1) is 0 Å². The second kappa shape index (κ2) is 7.48. The molecule has 1 aliphatic rings. The number of hydrogen-bond donors (Lipinski definition) is 1. The second-order valence-electron chi connectivity index (χ2n) is 5.61. The van der Waals surface area contributed by atoms with Crippen molar-refractivity contribution in [3.63, 3.8) is 0 Å². The molecule has 4 nitrogen and oxygen atoms in total. The van der Waals surface area contributed by atoms with Crippen LogP contribution in [0.4, 0.5) is 5.82 Å². The summed E-state index contributed by atoms with van der Waals surface area (Å²) in [5.74, 6) is 2.52. The predicted molar refractivity (Wildman–Crippen MR) is 83.5 cm³/mol. The number of ether oxygens (including phenoxy) is 1. The summed E-state index contributed by atoms with van der Waals surface area (Å²) in [6, 6.07) is 6.60. The monoisotopic (exact) mass is 277 g/mol. The van der Waals surface area contributed by atoms with Crippen LogP contribution in [0.15, 0.2) is 18.2 Å². The van der Waals surface area contributed by atoms with Gasteiger partial charge in [-0.1, -0.05) is 13.0 Å². The highest BCUT2D eigenvalue weighted by Crippen LogP contribution is 2.25. The number of hydrogen-bond acceptors (Lipinski definition) is 4. The maximum absolute atomic E-state index is 5.20. The first kappa shape index (κ1) is 15.1. The summed E-state index contributed by atoms with van der Waals surface area (Å²) in [6.07, 6.45) is 3.67. The lowest BCUT2D eigenvalue weighted by molar-refractivity contribution is 0.310. The van der Waals surface area contributed by atoms with E-state index in [2.05, 4.69) is 35.1 Å². The number of piperidine rings is 1. The molecule has 0 aromatic carbocycles. The topological polar surface area (TPSA) is 37.4 Å². The summed E-state index contributed by atoms with van der Waals surface area (Å²) < 4.78 is 5.20. The van der Waals surface area contributed by atoms with E-state index in [4.69, 9.17) is 4.74 Å². The fourth-order valence-electron chi connectivity index (χ4n) is 2.86. The minimum atomic E-state index is 0.621. The Labute approximate surface area is 122 Å². The van der Waals surface area contributed by atoms with E-state index in [0.29, 0.717) is 11.9 Å². The number of rotatable bonds is 6. The molecule has 2 heterocycles. The van der Waals surface area contributed by atoms with E-state index < -0.39 is 0 Å². The van der Waals surface area contributed by atoms with Crippen molar-refractivity contribution in [3.05, 3.63) is 18.2 Å². The molecule has 1 unspecified atom stereocenters. The predicted octanol–water partition coefficient (Wildman–Crippen LogP) is 2.69. The maximum Gasteiger partial charge on any atom is 0.214 e. The van der Waals surface area contributed by atoms with Gasteiger partial charge in [-0.25, -0.2) is 0 Å². The molecule has 0 saturated carbocycles. The van der Waals surface area contributed by atoms with Gasteiger partial charge in [0.2, 0.25) is 5.88 Å². The van der Waals surface area contributed by atoms with Crippen LogP contribution in [0.25, 0.3) is 0 Å². The van der Waals surface area contributed by atoms with Crippen LogP contribution in [-0.2, 0) is 0 Å². The quantitative estimate of drug-likeness (QED) is 0.867. The lowest BCUT2D eigenvalue weighted by atomic mass is 9.90. The third-order valence-electron chi connectivity index (χ3n) is 4.21. The largest absolute Gasteiger partial charge is 0.481 e. The summed E-state index contributed by atoms with van der Waals surface area (Å²) >= 11 is 0. The van der Waals surface area contributed by atoms with Crippen molar-refractivity contribution < 1.29 is 4.74 Å². The third-order valence-corrected chi connectivity index (χ3v) is 4.21. The summed E-state index contributed by atoms with van der Waals surface area (Å²) in [7, 11) is 1.67. The first-order chi connectivity index (χ1) is 9.74. The number of anilines is 1. The molecule has 1 aliphatic heterocycles. The lowest BCUT2D eigenvalue weighted by Gasteiger charge is -2.35. The van der Waals surface area contributed by atoms with Crippen molar-refractivity contribution in [1.82, 2.24) is 10.3 Å². The van der Waals surface area contributed by atoms with Crippen molar-refractivity contribution in [3.8, 4) is 5.88 Å². The van der Waals surface area contributed by atoms with Gasteiger partial charge in [0.05, 0.1) is 7.11 Å². The Morgan fingerprint density at radius 2 is 2.15 bits per heavy atom. The van der Waals surface area contributed by atoms with E-state index in [0.717, 1.165) is 31.4 Å². The van der Waals surface area contributed by atoms with Crippen LogP contribution in [0.2, 0.25) is 0 Å². The molecule has 1 aromatic heterocycles. The lowest BCUT2D eigenvalue weighted by Crippen LogP contribution is -2.42. The zero-order valence-electron chi connectivity index (χ0n) is 12.9. The summed E-state index contributed by atoms with van der Waals surface area (Å²) in [4.78, 5) is 6.89. The Hall–Kier alpha value is -1.29. The molecule has 0 radical (unpaired) electrons. The number of nitrogens with one attached hydrogen (secondary N) is 1. The standard InChI is InChI=1S/C16H27N3O/c1-4-10-17-13(2)14-8-11-19(12-9-14)15-6-5-7-16(18-15)20-3/h5-7,13-14,17H,4,8-12H2,1-3H3. The van der Waals surface area contributed by atoms with Gasteiger partial charge < -0.3 is 15.0 Å². The number of pyridine rings is 1. The maximum atomic E-state index is 5.20. The Balaban J connectivity index is 1.87. The molecular weight excluding hydrogens is 250 g/mol. The molecule has 0 spiro atoms. The summed E-state index contributed by atoms with van der Waals surface area (Å²) in [6.45, 7) is 7.83. The number of aromatic nitrogens is 1. The Morgan fingerprint density at radius 3 is 2.80 bits per heavy atom. The molecular formula is C16H27N3O. The van der Waals surface area contributed by atoms with Crippen molar-refractivity contribution in [1.29, 1.82) is 0 Å². The molecule has 1 saturated heterocycles. The molecule has 0 bridgehead atoms. The van der Waals surface area contributed by atoms with Crippen molar-refractivity contribution in [2.75, 3.05) is 31.6 Å². The molecule has 0 aliphatic carbocycles. The first-order valence-electron chi connectivity index (χ1n) is 7.74. The van der Waals surface area contributed by atoms with Crippen LogP contribution < -0.4 is 15.0 Å². The Bertz CT molecular complexity index is 402. The Kier molecular flexibility index (Phi) is 5.65. The molecule has 2 rings (SSSR count). The molecule has 112 valence electrons. The number of nitrogens with zero attached hydrogens (tertiary/aromatic N) is 2. The second-order valence-corrected chi connectivity index (χ2v) is 5.61. The zero-order chi connectivity index (χ0) is 14.4. The average Bonchev–Trinajstić information content (AvgIpc) is 2.52. The summed E-state index contributed by atoms with van der Waals surface area (Å²) in [5.41, 5.74) is 0. The SMILES string of the molecule is CCCNC(C)C1CCN(c2cccc(OC)n2)CC1. The van der Waals surface area contributed by atoms with Gasteiger partial charge in [0, 0.05) is 25.2 Å². The normalized spacial score (nSPS) is 18.1. The van der Waals surface area contributed by atoms with Crippen LogP contribution in [0, 0.1) is 5.92 Å². The molecule has 4 heteroatoms. The van der Waals surface area contributed by atoms with Crippen molar-refractivity contribution in [2.45, 2.75) is 39.2 Å². The molecule has 1 N–H and O–H groups in total. The van der Waals surface area contributed by atoms with E-state index in [1.165, 1.54) is 19.3 Å². The fraction of sp³-hybridized carbons (Fsp3) is 0.688. The van der Waals surface area contributed by atoms with Gasteiger partial charge in [-0.3, -0.25) is 0 Å². The molecule has 1 fully saturated rings. The van der Waals surface area contributed by atoms with Gasteiger partial charge in [0.25, 0.3) is 0 Å². The van der Waals surface area contributed by atoms with E-state index in [9.17, 15) is 0 Å². The van der Waals surface area contributed by atoms with Crippen LogP contribution in [-0.4, -0.2) is 37.8 Å². The van der Waals surface area contributed by atoms with Gasteiger partial charge in [0.15, 0.2) is 0 Å². The smallest absolute Gasteiger partial charge is 0.214 e. The van der Waals surface area contributed by atoms with E-state index in [1.54, 1.807) is 7.11 Å². The van der Waals surface area contributed by atoms with Crippen LogP contribution in [0.5, 0.6) is 5.88 Å². The van der Waals surface area contributed by atoms with Gasteiger partial charge >= 0.3 is 0 Å². The Morgan fingerprint density at radius 1 is 1.40 bits per heavy atom. The van der Waals surface area contributed by atoms with Crippen molar-refractivity contribution in [2.24, 2.45) is 5.92 Å². The summed E-state index contributed by atoms with van der Waals surface area (Å²) in [5, 5.41) is 3.62. The molecule has 1 atom stereocenters. The fourth-order valence-corrected chi connectivity index (χ4v) is 2.86. The minimum absolute atomic E-state index is 0.621. The molecule has 20 heavy (non-hydrogen) atoms. The van der Waals surface area contributed by atoms with Crippen LogP contribution >= 0.6 is 0 Å². The van der Waals surface area contributed by atoms with Gasteiger partial charge in [-0.05, 0) is 44.7 Å². The van der Waals surface area contributed by atoms with E-state index in [-0.39, 0.29) is 0 Å². The highest BCUT2D eigenvalue weighted by molar-refractivity contribution is 5.41. The molecule has 1 aromatic rings. The number of methoxy groups -OCH3 is 1. The van der Waals surface area contributed by atoms with Crippen LogP contribution in [0.1, 0.15) is 33.1 Å². The first-order valence-corrected chi connectivity index (χ1v) is 7.74. The highest BCUT2D eigenvalue weighted by atomic mass is 16.5. The third kappa shape index (κ3) is 3.85. The van der Waals surface area contributed by atoms with Crippen LogP contribution in [0.3, 0.4) is 0 Å². The highest BCUT2D eigenvalue weighted by Gasteiger charge is 2.24. The van der Waals surface area contributed by atoms with Gasteiger partial charge in [-0.2, -0.15) is 4.98 Å². The molecule has 0 amide bonds. The average molecular weight is 277 g/mol.